The van der Waals surface area contributed by atoms with E-state index in [4.69, 9.17) is 9.15 Å². The van der Waals surface area contributed by atoms with Crippen LogP contribution in [0.15, 0.2) is 51.0 Å². The van der Waals surface area contributed by atoms with Crippen molar-refractivity contribution >= 4 is 28.4 Å². The molecule has 0 radical (unpaired) electrons. The van der Waals surface area contributed by atoms with Crippen molar-refractivity contribution in [3.05, 3.63) is 53.3 Å². The van der Waals surface area contributed by atoms with Crippen LogP contribution in [0.5, 0.6) is 11.5 Å². The fourth-order valence-electron chi connectivity index (χ4n) is 3.81. The van der Waals surface area contributed by atoms with Gasteiger partial charge in [-0.15, -0.1) is 10.2 Å². The molecule has 1 saturated heterocycles. The lowest BCUT2D eigenvalue weighted by Crippen LogP contribution is -2.43. The third-order valence-corrected chi connectivity index (χ3v) is 5.48. The second kappa shape index (κ2) is 8.26. The van der Waals surface area contributed by atoms with Crippen molar-refractivity contribution in [3.8, 4) is 23.3 Å². The lowest BCUT2D eigenvalue weighted by atomic mass is 10.1. The number of piperazine rings is 1. The Hall–Kier alpha value is -3.60. The fraction of sp³-hybridized carbons (Fsp3) is 0.250. The minimum absolute atomic E-state index is 0.0508. The highest BCUT2D eigenvalue weighted by Gasteiger charge is 2.20. The zero-order valence-corrected chi connectivity index (χ0v) is 17.2. The van der Waals surface area contributed by atoms with E-state index in [0.717, 1.165) is 37.4 Å². The van der Waals surface area contributed by atoms with Crippen LogP contribution in [0.4, 0.5) is 5.69 Å². The summed E-state index contributed by atoms with van der Waals surface area (Å²) in [6.07, 6.45) is 1.70. The van der Waals surface area contributed by atoms with Gasteiger partial charge in [0.1, 0.15) is 11.3 Å². The van der Waals surface area contributed by atoms with Gasteiger partial charge in [-0.25, -0.2) is 0 Å². The Labute approximate surface area is 180 Å². The Morgan fingerprint density at radius 1 is 1.19 bits per heavy atom. The van der Waals surface area contributed by atoms with Crippen LogP contribution in [0.3, 0.4) is 0 Å². The summed E-state index contributed by atoms with van der Waals surface area (Å²) in [7, 11) is 1.60. The summed E-state index contributed by atoms with van der Waals surface area (Å²) >= 11 is 0. The Morgan fingerprint density at radius 2 is 2.03 bits per heavy atom. The van der Waals surface area contributed by atoms with E-state index in [1.54, 1.807) is 25.3 Å². The van der Waals surface area contributed by atoms with Gasteiger partial charge in [-0.1, -0.05) is 30.0 Å². The lowest BCUT2D eigenvalue weighted by Gasteiger charge is -2.24. The third kappa shape index (κ3) is 3.67. The molecule has 5 rings (SSSR count). The zero-order valence-electron chi connectivity index (χ0n) is 17.2. The molecule has 2 aromatic carbocycles. The molecule has 2 aliphatic heterocycles. The number of furan rings is 1. The molecule has 2 N–H and O–H groups in total. The fourth-order valence-corrected chi connectivity index (χ4v) is 3.81. The number of benzene rings is 2. The van der Waals surface area contributed by atoms with E-state index in [1.165, 1.54) is 0 Å². The summed E-state index contributed by atoms with van der Waals surface area (Å²) < 4.78 is 11.6. The van der Waals surface area contributed by atoms with E-state index < -0.39 is 0 Å². The van der Waals surface area contributed by atoms with Crippen molar-refractivity contribution in [2.75, 3.05) is 39.8 Å². The molecule has 3 aromatic rings. The first-order valence-corrected chi connectivity index (χ1v) is 10.2. The Balaban J connectivity index is 1.53. The number of methoxy groups -OCH3 is 1. The first kappa shape index (κ1) is 19.4. The summed E-state index contributed by atoms with van der Waals surface area (Å²) in [5, 5.41) is 23.1. The molecule has 1 fully saturated rings. The van der Waals surface area contributed by atoms with Gasteiger partial charge < -0.3 is 19.6 Å². The maximum Gasteiger partial charge on any atom is 0.172 e. The number of hydrogen-bond acceptors (Lipinski definition) is 7. The van der Waals surface area contributed by atoms with Gasteiger partial charge in [-0.3, -0.25) is 4.90 Å². The van der Waals surface area contributed by atoms with Crippen molar-refractivity contribution in [2.45, 2.75) is 0 Å². The van der Waals surface area contributed by atoms with E-state index in [1.807, 2.05) is 24.3 Å². The van der Waals surface area contributed by atoms with Crippen LogP contribution in [0.1, 0.15) is 16.9 Å². The van der Waals surface area contributed by atoms with Gasteiger partial charge in [-0.2, -0.15) is 0 Å². The highest BCUT2D eigenvalue weighted by Crippen LogP contribution is 2.41. The number of fused-ring (bicyclic) bond motifs is 2. The normalized spacial score (nSPS) is 17.0. The second-order valence-corrected chi connectivity index (χ2v) is 7.41. The van der Waals surface area contributed by atoms with Gasteiger partial charge in [0.25, 0.3) is 0 Å². The predicted molar refractivity (Wildman–Crippen MR) is 119 cm³/mol. The Morgan fingerprint density at radius 3 is 2.87 bits per heavy atom. The Kier molecular flexibility index (Phi) is 5.16. The number of nitrogens with zero attached hydrogens (tertiary/aromatic N) is 3. The average molecular weight is 414 g/mol. The number of azo groups is 1. The smallest absolute Gasteiger partial charge is 0.172 e. The molecule has 2 aliphatic rings. The molecule has 0 spiro atoms. The number of hydrogen-bond donors (Lipinski definition) is 2. The minimum Gasteiger partial charge on any atom is -0.504 e. The monoisotopic (exact) mass is 414 g/mol. The molecule has 0 unspecified atom stereocenters. The standard InChI is InChI=1S/C24H22N4O3/c1-30-21-9-8-18-23(29)22(15-20-16-5-2-3-7-19(16)26-27-20)31-24(18)17(21)6-4-12-28-13-10-25-11-14-28/h2-3,5,7-9,15,25,29H,10-14H2,1H3. The molecule has 0 saturated carbocycles. The molecule has 7 heteroatoms. The van der Waals surface area contributed by atoms with Crippen LogP contribution in [-0.4, -0.2) is 49.8 Å². The summed E-state index contributed by atoms with van der Waals surface area (Å²) in [5.41, 5.74) is 3.47. The SMILES string of the molecule is COc1ccc2c(O)c(C=C3N=Nc4ccccc43)oc2c1C#CCN1CCNCC1. The number of ether oxygens (including phenoxy) is 1. The summed E-state index contributed by atoms with van der Waals surface area (Å²) in [4.78, 5) is 2.30. The zero-order chi connectivity index (χ0) is 21.2. The van der Waals surface area contributed by atoms with Gasteiger partial charge in [0.05, 0.1) is 30.4 Å². The molecule has 0 bridgehead atoms. The first-order chi connectivity index (χ1) is 15.2. The van der Waals surface area contributed by atoms with Gasteiger partial charge in [0.15, 0.2) is 17.1 Å². The largest absolute Gasteiger partial charge is 0.504 e. The molecular weight excluding hydrogens is 392 g/mol. The van der Waals surface area contributed by atoms with Crippen molar-refractivity contribution < 1.29 is 14.3 Å². The highest BCUT2D eigenvalue weighted by molar-refractivity contribution is 5.96. The van der Waals surface area contributed by atoms with E-state index in [-0.39, 0.29) is 5.75 Å². The number of nitrogens with one attached hydrogen (secondary N) is 1. The summed E-state index contributed by atoms with van der Waals surface area (Å²) in [5.74, 6) is 7.41. The van der Waals surface area contributed by atoms with Crippen molar-refractivity contribution in [1.29, 1.82) is 0 Å². The van der Waals surface area contributed by atoms with Gasteiger partial charge in [0, 0.05) is 37.8 Å². The molecule has 0 aliphatic carbocycles. The number of aromatic hydroxyl groups is 1. The van der Waals surface area contributed by atoms with Crippen molar-refractivity contribution in [3.63, 3.8) is 0 Å². The second-order valence-electron chi connectivity index (χ2n) is 7.41. The predicted octanol–water partition coefficient (Wildman–Crippen LogP) is 4.00. The van der Waals surface area contributed by atoms with Crippen LogP contribution in [-0.2, 0) is 0 Å². The quantitative estimate of drug-likeness (QED) is 0.633. The van der Waals surface area contributed by atoms with Crippen LogP contribution in [0.2, 0.25) is 0 Å². The molecule has 0 atom stereocenters. The van der Waals surface area contributed by atoms with Crippen molar-refractivity contribution in [2.24, 2.45) is 10.2 Å². The van der Waals surface area contributed by atoms with E-state index in [9.17, 15) is 5.11 Å². The first-order valence-electron chi connectivity index (χ1n) is 10.2. The summed E-state index contributed by atoms with van der Waals surface area (Å²) in [6, 6.07) is 11.3. The van der Waals surface area contributed by atoms with Gasteiger partial charge in [-0.05, 0) is 18.2 Å². The van der Waals surface area contributed by atoms with Crippen LogP contribution in [0.25, 0.3) is 22.7 Å². The average Bonchev–Trinajstić information content (AvgIpc) is 3.36. The topological polar surface area (TPSA) is 82.6 Å². The molecular formula is C24H22N4O3. The van der Waals surface area contributed by atoms with E-state index in [2.05, 4.69) is 32.3 Å². The lowest BCUT2D eigenvalue weighted by molar-refractivity contribution is 0.268. The third-order valence-electron chi connectivity index (χ3n) is 5.48. The van der Waals surface area contributed by atoms with Crippen LogP contribution in [0, 0.1) is 11.8 Å². The molecule has 0 amide bonds. The Bertz CT molecular complexity index is 1260. The maximum absolute atomic E-state index is 10.8. The molecule has 1 aromatic heterocycles. The number of rotatable bonds is 3. The van der Waals surface area contributed by atoms with E-state index in [0.29, 0.717) is 40.3 Å². The van der Waals surface area contributed by atoms with Crippen LogP contribution < -0.4 is 10.1 Å². The van der Waals surface area contributed by atoms with Crippen LogP contribution >= 0.6 is 0 Å². The molecule has 31 heavy (non-hydrogen) atoms. The minimum atomic E-state index is 0.0508. The van der Waals surface area contributed by atoms with Crippen molar-refractivity contribution in [1.82, 2.24) is 10.2 Å². The molecule has 3 heterocycles. The van der Waals surface area contributed by atoms with E-state index >= 15 is 0 Å². The molecule has 156 valence electrons. The highest BCUT2D eigenvalue weighted by atomic mass is 16.5. The summed E-state index contributed by atoms with van der Waals surface area (Å²) in [6.45, 7) is 4.58. The maximum atomic E-state index is 10.8. The van der Waals surface area contributed by atoms with Gasteiger partial charge >= 0.3 is 0 Å². The molecule has 7 nitrogen and oxygen atoms in total. The van der Waals surface area contributed by atoms with Gasteiger partial charge in [0.2, 0.25) is 0 Å².